The van der Waals surface area contributed by atoms with Gasteiger partial charge in [0.2, 0.25) is 0 Å². The fourth-order valence-electron chi connectivity index (χ4n) is 2.46. The number of aromatic nitrogens is 2. The molecule has 0 fully saturated rings. The van der Waals surface area contributed by atoms with Crippen molar-refractivity contribution in [2.75, 3.05) is 11.6 Å². The first-order valence-corrected chi connectivity index (χ1v) is 9.47. The number of nitrogens with one attached hydrogen (secondary N) is 1. The lowest BCUT2D eigenvalue weighted by molar-refractivity contribution is 0.102. The van der Waals surface area contributed by atoms with Gasteiger partial charge in [-0.2, -0.15) is 5.10 Å². The molecule has 0 aliphatic heterocycles. The Kier molecular flexibility index (Phi) is 4.41. The van der Waals surface area contributed by atoms with E-state index in [1.807, 2.05) is 37.3 Å². The van der Waals surface area contributed by atoms with Crippen LogP contribution < -0.4 is 5.32 Å². The van der Waals surface area contributed by atoms with Crippen molar-refractivity contribution >= 4 is 21.4 Å². The number of rotatable bonds is 4. The second-order valence-electron chi connectivity index (χ2n) is 5.65. The highest BCUT2D eigenvalue weighted by molar-refractivity contribution is 7.90. The van der Waals surface area contributed by atoms with Crippen molar-refractivity contribution < 1.29 is 13.2 Å². The predicted octanol–water partition coefficient (Wildman–Crippen LogP) is 2.84. The highest BCUT2D eigenvalue weighted by Gasteiger charge is 2.16. The molecule has 6 nitrogen and oxygen atoms in total. The van der Waals surface area contributed by atoms with Crippen LogP contribution in [-0.2, 0) is 9.84 Å². The number of hydrogen-bond donors (Lipinski definition) is 1. The van der Waals surface area contributed by atoms with Crippen molar-refractivity contribution in [1.29, 1.82) is 0 Å². The average molecular weight is 355 g/mol. The van der Waals surface area contributed by atoms with E-state index in [1.165, 1.54) is 18.3 Å². The first kappa shape index (κ1) is 16.9. The maximum Gasteiger partial charge on any atom is 0.259 e. The van der Waals surface area contributed by atoms with E-state index in [2.05, 4.69) is 10.4 Å². The van der Waals surface area contributed by atoms with E-state index in [4.69, 9.17) is 0 Å². The molecule has 0 aliphatic rings. The summed E-state index contributed by atoms with van der Waals surface area (Å²) in [5.41, 5.74) is 2.40. The second-order valence-corrected chi connectivity index (χ2v) is 7.66. The maximum absolute atomic E-state index is 12.5. The Morgan fingerprint density at radius 2 is 1.80 bits per heavy atom. The maximum atomic E-state index is 12.5. The summed E-state index contributed by atoms with van der Waals surface area (Å²) in [5, 5.41) is 6.99. The lowest BCUT2D eigenvalue weighted by Gasteiger charge is -2.07. The molecule has 2 aromatic carbocycles. The Morgan fingerprint density at radius 1 is 1.08 bits per heavy atom. The molecule has 3 aromatic rings. The number of nitrogens with zero attached hydrogens (tertiary/aromatic N) is 2. The first-order chi connectivity index (χ1) is 11.9. The highest BCUT2D eigenvalue weighted by Crippen LogP contribution is 2.18. The van der Waals surface area contributed by atoms with Gasteiger partial charge < -0.3 is 5.32 Å². The molecule has 0 spiro atoms. The molecule has 1 amide bonds. The third-order valence-corrected chi connectivity index (χ3v) is 4.89. The van der Waals surface area contributed by atoms with Crippen LogP contribution in [0, 0.1) is 6.92 Å². The minimum absolute atomic E-state index is 0.155. The van der Waals surface area contributed by atoms with E-state index >= 15 is 0 Å². The molecule has 1 N–H and O–H groups in total. The summed E-state index contributed by atoms with van der Waals surface area (Å²) in [5.74, 6) is -0.342. The number of sulfone groups is 1. The van der Waals surface area contributed by atoms with E-state index in [9.17, 15) is 13.2 Å². The van der Waals surface area contributed by atoms with Crippen molar-refractivity contribution in [2.24, 2.45) is 0 Å². The molecular formula is C18H17N3O3S. The third-order valence-electron chi connectivity index (χ3n) is 3.78. The van der Waals surface area contributed by atoms with E-state index < -0.39 is 9.84 Å². The lowest BCUT2D eigenvalue weighted by Crippen LogP contribution is -2.13. The summed E-state index contributed by atoms with van der Waals surface area (Å²) in [7, 11) is -3.33. The zero-order chi connectivity index (χ0) is 18.0. The zero-order valence-corrected chi connectivity index (χ0v) is 14.6. The van der Waals surface area contributed by atoms with Crippen molar-refractivity contribution in [1.82, 2.24) is 9.78 Å². The summed E-state index contributed by atoms with van der Waals surface area (Å²) < 4.78 is 24.9. The SMILES string of the molecule is Cc1c(C(=O)Nc2cccc(S(C)(=O)=O)c2)cnn1-c1ccccc1. The van der Waals surface area contributed by atoms with Crippen molar-refractivity contribution in [3.05, 3.63) is 72.1 Å². The molecular weight excluding hydrogens is 338 g/mol. The van der Waals surface area contributed by atoms with Gasteiger partial charge in [-0.15, -0.1) is 0 Å². The first-order valence-electron chi connectivity index (χ1n) is 7.58. The van der Waals surface area contributed by atoms with Gasteiger partial charge in [-0.1, -0.05) is 24.3 Å². The van der Waals surface area contributed by atoms with Crippen LogP contribution >= 0.6 is 0 Å². The molecule has 0 saturated heterocycles. The molecule has 0 saturated carbocycles. The molecule has 3 rings (SSSR count). The van der Waals surface area contributed by atoms with Gasteiger partial charge >= 0.3 is 0 Å². The van der Waals surface area contributed by atoms with Crippen LogP contribution in [-0.4, -0.2) is 30.4 Å². The topological polar surface area (TPSA) is 81.1 Å². The van der Waals surface area contributed by atoms with Crippen LogP contribution in [0.2, 0.25) is 0 Å². The molecule has 25 heavy (non-hydrogen) atoms. The molecule has 0 aliphatic carbocycles. The van der Waals surface area contributed by atoms with Crippen molar-refractivity contribution in [3.63, 3.8) is 0 Å². The molecule has 0 bridgehead atoms. The number of carbonyl (C=O) groups excluding carboxylic acids is 1. The summed E-state index contributed by atoms with van der Waals surface area (Å²) in [4.78, 5) is 12.7. The Hall–Kier alpha value is -2.93. The smallest absolute Gasteiger partial charge is 0.259 e. The number of para-hydroxylation sites is 1. The Morgan fingerprint density at radius 3 is 2.48 bits per heavy atom. The standard InChI is InChI=1S/C18H17N3O3S/c1-13-17(12-19-21(13)15-8-4-3-5-9-15)18(22)20-14-7-6-10-16(11-14)25(2,23)24/h3-12H,1-2H3,(H,20,22). The van der Waals surface area contributed by atoms with E-state index in [0.717, 1.165) is 11.9 Å². The number of carbonyl (C=O) groups is 1. The van der Waals surface area contributed by atoms with Gasteiger partial charge in [0.1, 0.15) is 0 Å². The molecule has 7 heteroatoms. The fraction of sp³-hybridized carbons (Fsp3) is 0.111. The van der Waals surface area contributed by atoms with Crippen LogP contribution in [0.15, 0.2) is 65.7 Å². The number of anilines is 1. The fourth-order valence-corrected chi connectivity index (χ4v) is 3.13. The number of benzene rings is 2. The Bertz CT molecular complexity index is 1020. The summed E-state index contributed by atoms with van der Waals surface area (Å²) in [6.45, 7) is 1.81. The normalized spacial score (nSPS) is 11.3. The number of hydrogen-bond acceptors (Lipinski definition) is 4. The Labute approximate surface area is 146 Å². The molecule has 1 heterocycles. The molecule has 128 valence electrons. The monoisotopic (exact) mass is 355 g/mol. The van der Waals surface area contributed by atoms with E-state index in [-0.39, 0.29) is 10.8 Å². The largest absolute Gasteiger partial charge is 0.322 e. The van der Waals surface area contributed by atoms with Gasteiger partial charge in [0, 0.05) is 11.9 Å². The summed E-state index contributed by atoms with van der Waals surface area (Å²) >= 11 is 0. The summed E-state index contributed by atoms with van der Waals surface area (Å²) in [6, 6.07) is 15.7. The zero-order valence-electron chi connectivity index (χ0n) is 13.8. The molecule has 1 aromatic heterocycles. The van der Waals surface area contributed by atoms with Gasteiger partial charge in [-0.05, 0) is 37.3 Å². The summed E-state index contributed by atoms with van der Waals surface area (Å²) in [6.07, 6.45) is 2.63. The van der Waals surface area contributed by atoms with Crippen molar-refractivity contribution in [2.45, 2.75) is 11.8 Å². The van der Waals surface area contributed by atoms with Crippen LogP contribution in [0.5, 0.6) is 0 Å². The van der Waals surface area contributed by atoms with Crippen LogP contribution in [0.4, 0.5) is 5.69 Å². The van der Waals surface area contributed by atoms with Gasteiger partial charge in [0.05, 0.1) is 28.0 Å². The van der Waals surface area contributed by atoms with Crippen LogP contribution in [0.25, 0.3) is 5.69 Å². The van der Waals surface area contributed by atoms with Gasteiger partial charge in [0.15, 0.2) is 9.84 Å². The van der Waals surface area contributed by atoms with E-state index in [1.54, 1.807) is 16.8 Å². The average Bonchev–Trinajstić information content (AvgIpc) is 2.97. The molecule has 0 radical (unpaired) electrons. The molecule has 0 unspecified atom stereocenters. The van der Waals surface area contributed by atoms with Gasteiger partial charge in [-0.25, -0.2) is 13.1 Å². The number of amides is 1. The quantitative estimate of drug-likeness (QED) is 0.780. The lowest BCUT2D eigenvalue weighted by atomic mass is 10.2. The van der Waals surface area contributed by atoms with Gasteiger partial charge in [-0.3, -0.25) is 4.79 Å². The van der Waals surface area contributed by atoms with Gasteiger partial charge in [0.25, 0.3) is 5.91 Å². The second kappa shape index (κ2) is 6.52. The van der Waals surface area contributed by atoms with Crippen molar-refractivity contribution in [3.8, 4) is 5.69 Å². The Balaban J connectivity index is 1.87. The molecule has 0 atom stereocenters. The van der Waals surface area contributed by atoms with Crippen LogP contribution in [0.3, 0.4) is 0 Å². The van der Waals surface area contributed by atoms with E-state index in [0.29, 0.717) is 16.9 Å². The minimum atomic E-state index is -3.33. The highest BCUT2D eigenvalue weighted by atomic mass is 32.2. The minimum Gasteiger partial charge on any atom is -0.322 e. The predicted molar refractivity (Wildman–Crippen MR) is 95.8 cm³/mol. The van der Waals surface area contributed by atoms with Crippen LogP contribution in [0.1, 0.15) is 16.1 Å². The third kappa shape index (κ3) is 3.61.